The Labute approximate surface area is 89.3 Å². The van der Waals surface area contributed by atoms with Crippen LogP contribution in [0.4, 0.5) is 10.1 Å². The molecule has 0 spiro atoms. The van der Waals surface area contributed by atoms with Crippen molar-refractivity contribution in [3.05, 3.63) is 29.0 Å². The van der Waals surface area contributed by atoms with Crippen LogP contribution < -0.4 is 5.32 Å². The van der Waals surface area contributed by atoms with E-state index in [2.05, 4.69) is 19.2 Å². The highest BCUT2D eigenvalue weighted by atomic mass is 35.5. The average molecular weight is 216 g/mol. The third-order valence-electron chi connectivity index (χ3n) is 2.29. The van der Waals surface area contributed by atoms with Gasteiger partial charge in [0.05, 0.1) is 10.7 Å². The van der Waals surface area contributed by atoms with Crippen LogP contribution in [0.15, 0.2) is 18.2 Å². The van der Waals surface area contributed by atoms with Gasteiger partial charge in [-0.1, -0.05) is 37.9 Å². The number of hydrogen-bond donors (Lipinski definition) is 1. The Kier molecular flexibility index (Phi) is 4.21. The molecule has 0 aromatic heterocycles. The summed E-state index contributed by atoms with van der Waals surface area (Å²) in [6.07, 6.45) is 1.08. The number of hydrogen-bond acceptors (Lipinski definition) is 1. The van der Waals surface area contributed by atoms with E-state index in [1.165, 1.54) is 0 Å². The number of rotatable bonds is 4. The molecule has 0 aliphatic rings. The van der Waals surface area contributed by atoms with E-state index >= 15 is 0 Å². The molecule has 3 heteroatoms. The molecule has 1 unspecified atom stereocenters. The molecule has 1 nitrogen and oxygen atoms in total. The van der Waals surface area contributed by atoms with Crippen LogP contribution in [0, 0.1) is 11.7 Å². The van der Waals surface area contributed by atoms with Crippen molar-refractivity contribution in [1.82, 2.24) is 0 Å². The fraction of sp³-hybridized carbons (Fsp3) is 0.455. The second-order valence-electron chi connectivity index (χ2n) is 3.50. The maximum atomic E-state index is 13.4. The van der Waals surface area contributed by atoms with Crippen molar-refractivity contribution < 1.29 is 4.39 Å². The predicted molar refractivity (Wildman–Crippen MR) is 59.4 cm³/mol. The van der Waals surface area contributed by atoms with Crippen molar-refractivity contribution in [3.8, 4) is 0 Å². The molecule has 0 fully saturated rings. The summed E-state index contributed by atoms with van der Waals surface area (Å²) in [5.41, 5.74) is 0.484. The summed E-state index contributed by atoms with van der Waals surface area (Å²) in [6.45, 7) is 5.00. The molecule has 1 aromatic rings. The summed E-state index contributed by atoms with van der Waals surface area (Å²) in [6, 6.07) is 4.99. The smallest absolute Gasteiger partial charge is 0.164 e. The topological polar surface area (TPSA) is 12.0 Å². The monoisotopic (exact) mass is 215 g/mol. The summed E-state index contributed by atoms with van der Waals surface area (Å²) in [7, 11) is 0. The number of halogens is 2. The minimum Gasteiger partial charge on any atom is -0.382 e. The van der Waals surface area contributed by atoms with E-state index in [9.17, 15) is 4.39 Å². The molecule has 0 amide bonds. The first-order valence-electron chi connectivity index (χ1n) is 4.83. The van der Waals surface area contributed by atoms with Gasteiger partial charge in [-0.25, -0.2) is 4.39 Å². The molecular formula is C11H15ClFN. The fourth-order valence-electron chi connectivity index (χ4n) is 1.07. The maximum absolute atomic E-state index is 13.4. The molecule has 14 heavy (non-hydrogen) atoms. The Morgan fingerprint density at radius 1 is 1.50 bits per heavy atom. The Morgan fingerprint density at radius 2 is 2.21 bits per heavy atom. The van der Waals surface area contributed by atoms with Gasteiger partial charge in [-0.15, -0.1) is 0 Å². The molecule has 1 atom stereocenters. The highest BCUT2D eigenvalue weighted by molar-refractivity contribution is 6.31. The number of anilines is 1. The SMILES string of the molecule is CCC(C)CNc1cccc(Cl)c1F. The lowest BCUT2D eigenvalue weighted by Gasteiger charge is -2.12. The molecule has 1 rings (SSSR count). The number of nitrogens with one attached hydrogen (secondary N) is 1. The fourth-order valence-corrected chi connectivity index (χ4v) is 1.24. The second kappa shape index (κ2) is 5.20. The summed E-state index contributed by atoms with van der Waals surface area (Å²) < 4.78 is 13.4. The van der Waals surface area contributed by atoms with Gasteiger partial charge in [-0.05, 0) is 18.1 Å². The highest BCUT2D eigenvalue weighted by Crippen LogP contribution is 2.22. The second-order valence-corrected chi connectivity index (χ2v) is 3.90. The van der Waals surface area contributed by atoms with Crippen molar-refractivity contribution in [2.24, 2.45) is 5.92 Å². The van der Waals surface area contributed by atoms with Gasteiger partial charge in [0.2, 0.25) is 0 Å². The molecule has 0 saturated heterocycles. The van der Waals surface area contributed by atoms with Crippen LogP contribution in [-0.4, -0.2) is 6.54 Å². The van der Waals surface area contributed by atoms with E-state index in [0.717, 1.165) is 13.0 Å². The van der Waals surface area contributed by atoms with Crippen LogP contribution in [-0.2, 0) is 0 Å². The van der Waals surface area contributed by atoms with Gasteiger partial charge in [0.15, 0.2) is 5.82 Å². The lowest BCUT2D eigenvalue weighted by atomic mass is 10.1. The number of benzene rings is 1. The van der Waals surface area contributed by atoms with E-state index < -0.39 is 0 Å². The third kappa shape index (κ3) is 2.88. The molecule has 0 aliphatic heterocycles. The molecule has 0 heterocycles. The van der Waals surface area contributed by atoms with E-state index in [1.54, 1.807) is 18.2 Å². The van der Waals surface area contributed by atoms with E-state index in [1.807, 2.05) is 0 Å². The summed E-state index contributed by atoms with van der Waals surface area (Å²) in [4.78, 5) is 0. The summed E-state index contributed by atoms with van der Waals surface area (Å²) >= 11 is 5.65. The first kappa shape index (κ1) is 11.3. The largest absolute Gasteiger partial charge is 0.382 e. The molecule has 0 saturated carbocycles. The standard InChI is InChI=1S/C11H15ClFN/c1-3-8(2)7-14-10-6-4-5-9(12)11(10)13/h4-6,8,14H,3,7H2,1-2H3. The molecule has 1 aromatic carbocycles. The molecule has 0 radical (unpaired) electrons. The zero-order chi connectivity index (χ0) is 10.6. The minimum absolute atomic E-state index is 0.166. The Hall–Kier alpha value is -0.760. The van der Waals surface area contributed by atoms with Crippen molar-refractivity contribution in [2.75, 3.05) is 11.9 Å². The quantitative estimate of drug-likeness (QED) is 0.803. The van der Waals surface area contributed by atoms with Gasteiger partial charge in [0.25, 0.3) is 0 Å². The van der Waals surface area contributed by atoms with E-state index in [-0.39, 0.29) is 10.8 Å². The van der Waals surface area contributed by atoms with E-state index in [0.29, 0.717) is 11.6 Å². The van der Waals surface area contributed by atoms with Gasteiger partial charge < -0.3 is 5.32 Å². The lowest BCUT2D eigenvalue weighted by molar-refractivity contribution is 0.585. The van der Waals surface area contributed by atoms with Gasteiger partial charge in [-0.3, -0.25) is 0 Å². The van der Waals surface area contributed by atoms with Crippen LogP contribution >= 0.6 is 11.6 Å². The Bertz CT molecular complexity index is 301. The van der Waals surface area contributed by atoms with Crippen LogP contribution in [0.1, 0.15) is 20.3 Å². The highest BCUT2D eigenvalue weighted by Gasteiger charge is 2.06. The van der Waals surface area contributed by atoms with E-state index in [4.69, 9.17) is 11.6 Å². The normalized spacial score (nSPS) is 12.6. The van der Waals surface area contributed by atoms with Gasteiger partial charge >= 0.3 is 0 Å². The molecule has 1 N–H and O–H groups in total. The van der Waals surface area contributed by atoms with Crippen molar-refractivity contribution in [3.63, 3.8) is 0 Å². The van der Waals surface area contributed by atoms with Gasteiger partial charge in [0.1, 0.15) is 0 Å². The Morgan fingerprint density at radius 3 is 2.86 bits per heavy atom. The zero-order valence-electron chi connectivity index (χ0n) is 8.48. The minimum atomic E-state index is -0.363. The molecule has 78 valence electrons. The van der Waals surface area contributed by atoms with Crippen LogP contribution in [0.5, 0.6) is 0 Å². The third-order valence-corrected chi connectivity index (χ3v) is 2.58. The molecular weight excluding hydrogens is 201 g/mol. The van der Waals surface area contributed by atoms with Crippen LogP contribution in [0.25, 0.3) is 0 Å². The maximum Gasteiger partial charge on any atom is 0.164 e. The van der Waals surface area contributed by atoms with Gasteiger partial charge in [-0.2, -0.15) is 0 Å². The summed E-state index contributed by atoms with van der Waals surface area (Å²) in [5, 5.41) is 3.21. The van der Waals surface area contributed by atoms with Crippen molar-refractivity contribution in [2.45, 2.75) is 20.3 Å². The van der Waals surface area contributed by atoms with Crippen molar-refractivity contribution in [1.29, 1.82) is 0 Å². The Balaban J connectivity index is 2.63. The van der Waals surface area contributed by atoms with Crippen LogP contribution in [0.3, 0.4) is 0 Å². The van der Waals surface area contributed by atoms with Gasteiger partial charge in [0, 0.05) is 6.54 Å². The molecule has 0 aliphatic carbocycles. The van der Waals surface area contributed by atoms with Crippen LogP contribution in [0.2, 0.25) is 5.02 Å². The lowest BCUT2D eigenvalue weighted by Crippen LogP contribution is -2.11. The first-order valence-corrected chi connectivity index (χ1v) is 5.20. The van der Waals surface area contributed by atoms with Crippen molar-refractivity contribution >= 4 is 17.3 Å². The molecule has 0 bridgehead atoms. The predicted octanol–water partition coefficient (Wildman–Crippen LogP) is 3.94. The average Bonchev–Trinajstić information content (AvgIpc) is 2.20. The first-order chi connectivity index (χ1) is 6.65. The zero-order valence-corrected chi connectivity index (χ0v) is 9.24. The summed E-state index contributed by atoms with van der Waals surface area (Å²) in [5.74, 6) is 0.172.